The van der Waals surface area contributed by atoms with Crippen molar-refractivity contribution in [3.8, 4) is 5.75 Å². The number of nitrogens with zero attached hydrogens (tertiary/aromatic N) is 1. The number of pyridine rings is 1. The molecule has 0 amide bonds. The van der Waals surface area contributed by atoms with Crippen molar-refractivity contribution >= 4 is 23.2 Å². The number of nitrogens with one attached hydrogen (secondary N) is 1. The summed E-state index contributed by atoms with van der Waals surface area (Å²) in [7, 11) is 0. The fourth-order valence-corrected chi connectivity index (χ4v) is 2.51. The number of rotatable bonds is 6. The summed E-state index contributed by atoms with van der Waals surface area (Å²) in [5.41, 5.74) is 4.23. The zero-order chi connectivity index (χ0) is 15.2. The Balaban J connectivity index is 2.41. The van der Waals surface area contributed by atoms with E-state index in [-0.39, 0.29) is 6.04 Å². The Morgan fingerprint density at radius 3 is 2.76 bits per heavy atom. The molecule has 2 rings (SSSR count). The third-order valence-corrected chi connectivity index (χ3v) is 3.48. The number of hydrogen-bond acceptors (Lipinski definition) is 4. The number of nitrogens with two attached hydrogens (primary N) is 1. The van der Waals surface area contributed by atoms with E-state index in [1.165, 1.54) is 0 Å². The average molecular weight is 326 g/mol. The highest BCUT2D eigenvalue weighted by atomic mass is 35.5. The molecule has 0 saturated carbocycles. The maximum absolute atomic E-state index is 6.23. The first-order valence-electron chi connectivity index (χ1n) is 6.66. The highest BCUT2D eigenvalue weighted by molar-refractivity contribution is 6.34. The molecule has 0 aliphatic rings. The highest BCUT2D eigenvalue weighted by Crippen LogP contribution is 2.32. The molecule has 1 heterocycles. The maximum Gasteiger partial charge on any atom is 0.124 e. The molecule has 0 fully saturated rings. The quantitative estimate of drug-likeness (QED) is 0.627. The molecule has 21 heavy (non-hydrogen) atoms. The van der Waals surface area contributed by atoms with Gasteiger partial charge in [-0.3, -0.25) is 10.8 Å². The van der Waals surface area contributed by atoms with Gasteiger partial charge < -0.3 is 4.74 Å². The summed E-state index contributed by atoms with van der Waals surface area (Å²) in [5.74, 6) is 6.46. The fraction of sp³-hybridized carbons (Fsp3) is 0.267. The minimum Gasteiger partial charge on any atom is -0.493 e. The normalized spacial score (nSPS) is 12.2. The zero-order valence-electron chi connectivity index (χ0n) is 11.6. The second kappa shape index (κ2) is 7.61. The van der Waals surface area contributed by atoms with E-state index in [1.807, 2.05) is 24.3 Å². The molecule has 0 saturated heterocycles. The number of para-hydroxylation sites is 1. The molecule has 4 nitrogen and oxygen atoms in total. The predicted octanol–water partition coefficient (Wildman–Crippen LogP) is 3.73. The van der Waals surface area contributed by atoms with E-state index in [2.05, 4.69) is 17.3 Å². The summed E-state index contributed by atoms with van der Waals surface area (Å²) in [5, 5.41) is 0.936. The Hall–Kier alpha value is -1.33. The van der Waals surface area contributed by atoms with Crippen LogP contribution in [0.1, 0.15) is 30.6 Å². The lowest BCUT2D eigenvalue weighted by Gasteiger charge is -2.20. The lowest BCUT2D eigenvalue weighted by Crippen LogP contribution is -2.30. The Morgan fingerprint density at radius 2 is 2.10 bits per heavy atom. The van der Waals surface area contributed by atoms with E-state index in [0.717, 1.165) is 17.7 Å². The van der Waals surface area contributed by atoms with Gasteiger partial charge in [0.15, 0.2) is 0 Å². The van der Waals surface area contributed by atoms with Crippen LogP contribution < -0.4 is 16.0 Å². The van der Waals surface area contributed by atoms with Crippen LogP contribution >= 0.6 is 23.2 Å². The summed E-state index contributed by atoms with van der Waals surface area (Å²) in [4.78, 5) is 4.28. The molecular weight excluding hydrogens is 309 g/mol. The number of halogens is 2. The SMILES string of the molecule is CCCOc1ccccc1C(NN)c1ncc(Cl)cc1Cl. The maximum atomic E-state index is 6.23. The van der Waals surface area contributed by atoms with Gasteiger partial charge in [0.1, 0.15) is 5.75 Å². The minimum atomic E-state index is -0.372. The summed E-state index contributed by atoms with van der Waals surface area (Å²) in [6.07, 6.45) is 2.47. The lowest BCUT2D eigenvalue weighted by molar-refractivity contribution is 0.311. The third kappa shape index (κ3) is 3.86. The third-order valence-electron chi connectivity index (χ3n) is 2.97. The molecule has 0 spiro atoms. The Bertz CT molecular complexity index is 607. The lowest BCUT2D eigenvalue weighted by atomic mass is 10.0. The number of hydrazine groups is 1. The van der Waals surface area contributed by atoms with E-state index < -0.39 is 0 Å². The minimum absolute atomic E-state index is 0.372. The van der Waals surface area contributed by atoms with Gasteiger partial charge in [0.2, 0.25) is 0 Å². The van der Waals surface area contributed by atoms with Crippen LogP contribution in [0, 0.1) is 0 Å². The smallest absolute Gasteiger partial charge is 0.124 e. The number of ether oxygens (including phenoxy) is 1. The van der Waals surface area contributed by atoms with Crippen LogP contribution in [0.2, 0.25) is 10.0 Å². The summed E-state index contributed by atoms with van der Waals surface area (Å²) in [6, 6.07) is 8.94. The molecule has 0 bridgehead atoms. The van der Waals surface area contributed by atoms with E-state index >= 15 is 0 Å². The standard InChI is InChI=1S/C15H17Cl2N3O/c1-2-7-21-13-6-4-3-5-11(13)14(20-18)15-12(17)8-10(16)9-19-15/h3-6,8-9,14,20H,2,7,18H2,1H3. The van der Waals surface area contributed by atoms with E-state index in [1.54, 1.807) is 12.3 Å². The Kier molecular flexibility index (Phi) is 5.82. The van der Waals surface area contributed by atoms with Gasteiger partial charge in [-0.2, -0.15) is 0 Å². The fourth-order valence-electron chi connectivity index (χ4n) is 2.02. The molecular formula is C15H17Cl2N3O. The molecule has 1 atom stereocenters. The van der Waals surface area contributed by atoms with Crippen molar-refractivity contribution in [1.29, 1.82) is 0 Å². The molecule has 6 heteroatoms. The number of aromatic nitrogens is 1. The van der Waals surface area contributed by atoms with Gasteiger partial charge in [0, 0.05) is 11.8 Å². The van der Waals surface area contributed by atoms with Crippen molar-refractivity contribution in [1.82, 2.24) is 10.4 Å². The molecule has 112 valence electrons. The van der Waals surface area contributed by atoms with E-state index in [4.69, 9.17) is 33.8 Å². The Morgan fingerprint density at radius 1 is 1.33 bits per heavy atom. The molecule has 1 aromatic heterocycles. The first-order valence-corrected chi connectivity index (χ1v) is 7.41. The average Bonchev–Trinajstić information content (AvgIpc) is 2.49. The number of hydrogen-bond donors (Lipinski definition) is 2. The largest absolute Gasteiger partial charge is 0.493 e. The summed E-state index contributed by atoms with van der Waals surface area (Å²) >= 11 is 12.1. The Labute approximate surface area is 134 Å². The first kappa shape index (κ1) is 16.0. The van der Waals surface area contributed by atoms with Gasteiger partial charge in [0.05, 0.1) is 28.4 Å². The van der Waals surface area contributed by atoms with Gasteiger partial charge in [-0.05, 0) is 18.6 Å². The molecule has 0 aliphatic carbocycles. The topological polar surface area (TPSA) is 60.2 Å². The van der Waals surface area contributed by atoms with Gasteiger partial charge in [-0.15, -0.1) is 0 Å². The van der Waals surface area contributed by atoms with Gasteiger partial charge in [-0.1, -0.05) is 48.3 Å². The molecule has 2 aromatic rings. The van der Waals surface area contributed by atoms with Crippen molar-refractivity contribution < 1.29 is 4.74 Å². The van der Waals surface area contributed by atoms with E-state index in [0.29, 0.717) is 22.3 Å². The van der Waals surface area contributed by atoms with Gasteiger partial charge in [0.25, 0.3) is 0 Å². The monoisotopic (exact) mass is 325 g/mol. The van der Waals surface area contributed by atoms with Gasteiger partial charge in [-0.25, -0.2) is 5.43 Å². The van der Waals surface area contributed by atoms with Crippen LogP contribution in [-0.4, -0.2) is 11.6 Å². The molecule has 0 aliphatic heterocycles. The van der Waals surface area contributed by atoms with Crippen LogP contribution in [-0.2, 0) is 0 Å². The highest BCUT2D eigenvalue weighted by Gasteiger charge is 2.21. The predicted molar refractivity (Wildman–Crippen MR) is 85.7 cm³/mol. The van der Waals surface area contributed by atoms with Crippen molar-refractivity contribution in [2.45, 2.75) is 19.4 Å². The van der Waals surface area contributed by atoms with Crippen LogP contribution in [0.15, 0.2) is 36.5 Å². The van der Waals surface area contributed by atoms with Crippen LogP contribution in [0.25, 0.3) is 0 Å². The number of benzene rings is 1. The summed E-state index contributed by atoms with van der Waals surface area (Å²) < 4.78 is 5.76. The van der Waals surface area contributed by atoms with Crippen LogP contribution in [0.5, 0.6) is 5.75 Å². The van der Waals surface area contributed by atoms with Crippen LogP contribution in [0.3, 0.4) is 0 Å². The van der Waals surface area contributed by atoms with Crippen molar-refractivity contribution in [2.75, 3.05) is 6.61 Å². The van der Waals surface area contributed by atoms with Gasteiger partial charge >= 0.3 is 0 Å². The summed E-state index contributed by atoms with van der Waals surface area (Å²) in [6.45, 7) is 2.69. The first-order chi connectivity index (χ1) is 10.2. The second-order valence-corrected chi connectivity index (χ2v) is 5.35. The molecule has 1 aromatic carbocycles. The van der Waals surface area contributed by atoms with Crippen molar-refractivity contribution in [3.63, 3.8) is 0 Å². The zero-order valence-corrected chi connectivity index (χ0v) is 13.2. The van der Waals surface area contributed by atoms with Crippen molar-refractivity contribution in [3.05, 3.63) is 57.8 Å². The second-order valence-electron chi connectivity index (χ2n) is 4.51. The van der Waals surface area contributed by atoms with Crippen LogP contribution in [0.4, 0.5) is 0 Å². The molecule has 3 N–H and O–H groups in total. The molecule has 0 radical (unpaired) electrons. The van der Waals surface area contributed by atoms with Crippen molar-refractivity contribution in [2.24, 2.45) is 5.84 Å². The molecule has 1 unspecified atom stereocenters. The van der Waals surface area contributed by atoms with E-state index in [9.17, 15) is 0 Å².